The van der Waals surface area contributed by atoms with Gasteiger partial charge in [-0.15, -0.1) is 5.10 Å². The van der Waals surface area contributed by atoms with E-state index in [0.29, 0.717) is 12.1 Å². The minimum atomic E-state index is -4.29. The van der Waals surface area contributed by atoms with Gasteiger partial charge in [-0.2, -0.15) is 18.3 Å². The number of aromatic nitrogens is 2. The molecule has 26 heavy (non-hydrogen) atoms. The minimum absolute atomic E-state index is 0.535. The van der Waals surface area contributed by atoms with Crippen LogP contribution in [0.3, 0.4) is 0 Å². The first-order valence-corrected chi connectivity index (χ1v) is 8.98. The Kier molecular flexibility index (Phi) is 4.56. The standard InChI is InChI=1S/C19H21F3N4/c20-19(21,22)16-5-1-3-14(11-16)13-25-7-9-26(10-8-25)18-12-15-4-2-6-17(15)23-24-18/h1,3,5,11-12H,2,4,6-10,13H2. The maximum Gasteiger partial charge on any atom is 0.416 e. The van der Waals surface area contributed by atoms with Crippen LogP contribution in [-0.4, -0.2) is 41.3 Å². The Morgan fingerprint density at radius 2 is 1.77 bits per heavy atom. The van der Waals surface area contributed by atoms with E-state index in [0.717, 1.165) is 63.0 Å². The Morgan fingerprint density at radius 1 is 0.962 bits per heavy atom. The summed E-state index contributed by atoms with van der Waals surface area (Å²) < 4.78 is 38.5. The fraction of sp³-hybridized carbons (Fsp3) is 0.474. The van der Waals surface area contributed by atoms with Gasteiger partial charge in [0.2, 0.25) is 0 Å². The van der Waals surface area contributed by atoms with E-state index in [-0.39, 0.29) is 0 Å². The highest BCUT2D eigenvalue weighted by Crippen LogP contribution is 2.30. The van der Waals surface area contributed by atoms with Gasteiger partial charge in [-0.05, 0) is 42.5 Å². The number of piperazine rings is 1. The van der Waals surface area contributed by atoms with E-state index in [1.807, 2.05) is 0 Å². The van der Waals surface area contributed by atoms with Gasteiger partial charge in [0.15, 0.2) is 5.82 Å². The molecule has 1 fully saturated rings. The predicted octanol–water partition coefficient (Wildman–Crippen LogP) is 3.31. The van der Waals surface area contributed by atoms with Gasteiger partial charge in [0, 0.05) is 32.7 Å². The van der Waals surface area contributed by atoms with Crippen molar-refractivity contribution in [1.82, 2.24) is 15.1 Å². The summed E-state index contributed by atoms with van der Waals surface area (Å²) in [4.78, 5) is 4.40. The Labute approximate surface area is 150 Å². The third kappa shape index (κ3) is 3.67. The zero-order chi connectivity index (χ0) is 18.1. The van der Waals surface area contributed by atoms with Crippen LogP contribution in [0.1, 0.15) is 28.8 Å². The fourth-order valence-corrected chi connectivity index (χ4v) is 3.71. The zero-order valence-corrected chi connectivity index (χ0v) is 14.5. The van der Waals surface area contributed by atoms with Crippen LogP contribution in [-0.2, 0) is 25.6 Å². The molecule has 1 aliphatic carbocycles. The molecular weight excluding hydrogens is 341 g/mol. The average Bonchev–Trinajstić information content (AvgIpc) is 3.10. The molecule has 0 radical (unpaired) electrons. The second kappa shape index (κ2) is 6.87. The van der Waals surface area contributed by atoms with Crippen molar-refractivity contribution in [2.75, 3.05) is 31.1 Å². The van der Waals surface area contributed by atoms with Gasteiger partial charge in [-0.25, -0.2) is 0 Å². The molecule has 138 valence electrons. The van der Waals surface area contributed by atoms with Crippen LogP contribution >= 0.6 is 0 Å². The number of nitrogens with zero attached hydrogens (tertiary/aromatic N) is 4. The van der Waals surface area contributed by atoms with Crippen LogP contribution in [0.15, 0.2) is 30.3 Å². The normalized spacial score (nSPS) is 18.2. The average molecular weight is 362 g/mol. The summed E-state index contributed by atoms with van der Waals surface area (Å²) in [5.41, 5.74) is 2.55. The van der Waals surface area contributed by atoms with Gasteiger partial charge in [0.05, 0.1) is 11.3 Å². The molecule has 1 aromatic carbocycles. The minimum Gasteiger partial charge on any atom is -0.353 e. The summed E-state index contributed by atoms with van der Waals surface area (Å²) in [5, 5.41) is 8.70. The smallest absolute Gasteiger partial charge is 0.353 e. The second-order valence-corrected chi connectivity index (χ2v) is 6.99. The summed E-state index contributed by atoms with van der Waals surface area (Å²) in [6.07, 6.45) is -1.04. The Morgan fingerprint density at radius 3 is 2.54 bits per heavy atom. The summed E-state index contributed by atoms with van der Waals surface area (Å²) in [7, 11) is 0. The molecule has 0 saturated carbocycles. The van der Waals surface area contributed by atoms with Crippen molar-refractivity contribution >= 4 is 5.82 Å². The first-order chi connectivity index (χ1) is 12.5. The molecule has 1 aliphatic heterocycles. The number of fused-ring (bicyclic) bond motifs is 1. The van der Waals surface area contributed by atoms with Crippen molar-refractivity contribution in [1.29, 1.82) is 0 Å². The molecule has 4 nitrogen and oxygen atoms in total. The first kappa shape index (κ1) is 17.3. The van der Waals surface area contributed by atoms with Crippen LogP contribution in [0.2, 0.25) is 0 Å². The topological polar surface area (TPSA) is 32.3 Å². The van der Waals surface area contributed by atoms with Crippen molar-refractivity contribution < 1.29 is 13.2 Å². The first-order valence-electron chi connectivity index (χ1n) is 8.98. The zero-order valence-electron chi connectivity index (χ0n) is 14.5. The number of alkyl halides is 3. The van der Waals surface area contributed by atoms with Gasteiger partial charge in [0.1, 0.15) is 0 Å². The highest BCUT2D eigenvalue weighted by molar-refractivity contribution is 5.43. The van der Waals surface area contributed by atoms with Gasteiger partial charge in [-0.1, -0.05) is 18.2 Å². The third-order valence-electron chi connectivity index (χ3n) is 5.16. The largest absolute Gasteiger partial charge is 0.416 e. The van der Waals surface area contributed by atoms with Crippen molar-refractivity contribution in [2.24, 2.45) is 0 Å². The molecule has 4 rings (SSSR count). The lowest BCUT2D eigenvalue weighted by atomic mass is 10.1. The number of aryl methyl sites for hydroxylation is 2. The van der Waals surface area contributed by atoms with Gasteiger partial charge >= 0.3 is 6.18 Å². The number of hydrogen-bond donors (Lipinski definition) is 0. The fourth-order valence-electron chi connectivity index (χ4n) is 3.71. The molecule has 1 saturated heterocycles. The van der Waals surface area contributed by atoms with E-state index in [1.54, 1.807) is 6.07 Å². The number of hydrogen-bond acceptors (Lipinski definition) is 4. The highest BCUT2D eigenvalue weighted by Gasteiger charge is 2.30. The number of halogens is 3. The number of rotatable bonds is 3. The van der Waals surface area contributed by atoms with Gasteiger partial charge in [0.25, 0.3) is 0 Å². The highest BCUT2D eigenvalue weighted by atomic mass is 19.4. The van der Waals surface area contributed by atoms with Gasteiger partial charge in [-0.3, -0.25) is 4.90 Å². The number of benzene rings is 1. The second-order valence-electron chi connectivity index (χ2n) is 6.99. The molecule has 7 heteroatoms. The summed E-state index contributed by atoms with van der Waals surface area (Å²) in [5.74, 6) is 0.921. The lowest BCUT2D eigenvalue weighted by molar-refractivity contribution is -0.137. The molecule has 0 unspecified atom stereocenters. The van der Waals surface area contributed by atoms with E-state index in [2.05, 4.69) is 26.1 Å². The Balaban J connectivity index is 1.37. The van der Waals surface area contributed by atoms with Crippen molar-refractivity contribution in [3.8, 4) is 0 Å². The molecule has 2 aromatic rings. The SMILES string of the molecule is FC(F)(F)c1cccc(CN2CCN(c3cc4c(nn3)CCC4)CC2)c1. The number of anilines is 1. The lowest BCUT2D eigenvalue weighted by Gasteiger charge is -2.35. The van der Waals surface area contributed by atoms with Crippen molar-refractivity contribution in [2.45, 2.75) is 32.0 Å². The molecule has 1 aromatic heterocycles. The summed E-state index contributed by atoms with van der Waals surface area (Å²) in [6.45, 7) is 3.76. The van der Waals surface area contributed by atoms with Crippen LogP contribution in [0.25, 0.3) is 0 Å². The van der Waals surface area contributed by atoms with Crippen LogP contribution in [0.4, 0.5) is 19.0 Å². The maximum absolute atomic E-state index is 12.8. The maximum atomic E-state index is 12.8. The Bertz CT molecular complexity index is 783. The van der Waals surface area contributed by atoms with Crippen LogP contribution in [0.5, 0.6) is 0 Å². The predicted molar refractivity (Wildman–Crippen MR) is 93.0 cm³/mol. The van der Waals surface area contributed by atoms with Crippen LogP contribution in [0, 0.1) is 0 Å². The molecule has 0 amide bonds. The van der Waals surface area contributed by atoms with E-state index in [4.69, 9.17) is 0 Å². The van der Waals surface area contributed by atoms with Crippen molar-refractivity contribution in [3.63, 3.8) is 0 Å². The Hall–Kier alpha value is -2.15. The summed E-state index contributed by atoms with van der Waals surface area (Å²) in [6, 6.07) is 7.76. The van der Waals surface area contributed by atoms with E-state index in [1.165, 1.54) is 17.7 Å². The molecule has 0 bridgehead atoms. The quantitative estimate of drug-likeness (QED) is 0.839. The molecule has 2 heterocycles. The summed E-state index contributed by atoms with van der Waals surface area (Å²) >= 11 is 0. The lowest BCUT2D eigenvalue weighted by Crippen LogP contribution is -2.46. The van der Waals surface area contributed by atoms with E-state index in [9.17, 15) is 13.2 Å². The monoisotopic (exact) mass is 362 g/mol. The molecule has 0 atom stereocenters. The van der Waals surface area contributed by atoms with E-state index >= 15 is 0 Å². The van der Waals surface area contributed by atoms with E-state index < -0.39 is 11.7 Å². The molecule has 0 spiro atoms. The molecular formula is C19H21F3N4. The van der Waals surface area contributed by atoms with Crippen LogP contribution < -0.4 is 4.90 Å². The van der Waals surface area contributed by atoms with Gasteiger partial charge < -0.3 is 4.90 Å². The van der Waals surface area contributed by atoms with Crippen molar-refractivity contribution in [3.05, 3.63) is 52.7 Å². The molecule has 0 N–H and O–H groups in total. The third-order valence-corrected chi connectivity index (χ3v) is 5.16. The molecule has 2 aliphatic rings.